The van der Waals surface area contributed by atoms with Crippen LogP contribution in [0.4, 0.5) is 4.39 Å². The minimum absolute atomic E-state index is 0.245. The maximum atomic E-state index is 12.5. The second-order valence-corrected chi connectivity index (χ2v) is 12.8. The first-order valence-corrected chi connectivity index (χ1v) is 14.2. The molecule has 0 spiro atoms. The summed E-state index contributed by atoms with van der Waals surface area (Å²) >= 11 is 0. The number of hydrogen-bond donors (Lipinski definition) is 3. The number of halogens is 1. The molecule has 7 atom stereocenters. The second kappa shape index (κ2) is 12.0. The number of allylic oxidation sites excluding steroid dienone is 3. The van der Waals surface area contributed by atoms with Gasteiger partial charge in [-0.05, 0) is 106 Å². The molecule has 0 aliphatic heterocycles. The van der Waals surface area contributed by atoms with Gasteiger partial charge < -0.3 is 15.3 Å². The maximum Gasteiger partial charge on any atom is 0.0894 e. The van der Waals surface area contributed by atoms with Gasteiger partial charge in [0.05, 0.1) is 24.5 Å². The second-order valence-electron chi connectivity index (χ2n) is 12.8. The third-order valence-corrected chi connectivity index (χ3v) is 9.69. The molecule has 0 bridgehead atoms. The number of fused-ring (bicyclic) bond motifs is 1. The summed E-state index contributed by atoms with van der Waals surface area (Å²) < 4.78 is 12.5. The van der Waals surface area contributed by atoms with E-state index in [0.717, 1.165) is 36.3 Å². The number of aliphatic hydroxyl groups is 3. The highest BCUT2D eigenvalue weighted by Crippen LogP contribution is 2.60. The zero-order valence-electron chi connectivity index (χ0n) is 22.7. The Hall–Kier alpha value is -0.970. The van der Waals surface area contributed by atoms with Gasteiger partial charge in [0.15, 0.2) is 0 Å². The van der Waals surface area contributed by atoms with Crippen molar-refractivity contribution < 1.29 is 19.7 Å². The molecule has 4 heteroatoms. The number of rotatable bonds is 10. The van der Waals surface area contributed by atoms with Crippen molar-refractivity contribution in [1.82, 2.24) is 0 Å². The van der Waals surface area contributed by atoms with Crippen molar-refractivity contribution in [2.24, 2.45) is 29.1 Å². The lowest BCUT2D eigenvalue weighted by Gasteiger charge is -2.44. The molecule has 0 radical (unpaired) electrons. The summed E-state index contributed by atoms with van der Waals surface area (Å²) in [6.07, 6.45) is 14.7. The molecular weight excluding hydrogens is 439 g/mol. The van der Waals surface area contributed by atoms with Gasteiger partial charge in [-0.3, -0.25) is 4.39 Å². The Balaban J connectivity index is 1.67. The Morgan fingerprint density at radius 3 is 2.60 bits per heavy atom. The molecule has 0 amide bonds. The molecule has 0 aromatic rings. The molecule has 0 heterocycles. The summed E-state index contributed by atoms with van der Waals surface area (Å²) in [5, 5.41) is 31.6. The Morgan fingerprint density at radius 2 is 1.91 bits per heavy atom. The van der Waals surface area contributed by atoms with E-state index in [1.807, 2.05) is 13.8 Å². The highest BCUT2D eigenvalue weighted by atomic mass is 19.1. The van der Waals surface area contributed by atoms with Crippen LogP contribution in [0.25, 0.3) is 0 Å². The molecule has 0 unspecified atom stereocenters. The first-order valence-electron chi connectivity index (χ1n) is 14.2. The summed E-state index contributed by atoms with van der Waals surface area (Å²) in [6.45, 7) is 12.6. The molecule has 3 N–H and O–H groups in total. The topological polar surface area (TPSA) is 60.7 Å². The SMILES string of the molecule is C=C1/C(=C\C=C2/CCC[C@]3(C)[C@@H]([C@H](C)CCCC(C)(C)O)CC[C@@H]23)C[C@H](O)[C@H](CCCCF)[C@H]1O. The van der Waals surface area contributed by atoms with Gasteiger partial charge in [-0.25, -0.2) is 0 Å². The van der Waals surface area contributed by atoms with E-state index in [-0.39, 0.29) is 12.6 Å². The molecule has 3 fully saturated rings. The van der Waals surface area contributed by atoms with E-state index in [4.69, 9.17) is 0 Å². The van der Waals surface area contributed by atoms with Crippen LogP contribution in [0, 0.1) is 29.1 Å². The van der Waals surface area contributed by atoms with Gasteiger partial charge in [-0.1, -0.05) is 57.4 Å². The fourth-order valence-corrected chi connectivity index (χ4v) is 7.65. The van der Waals surface area contributed by atoms with Crippen LogP contribution in [0.3, 0.4) is 0 Å². The average Bonchev–Trinajstić information content (AvgIpc) is 3.14. The fraction of sp³-hybridized carbons (Fsp3) is 0.806. The molecule has 3 aliphatic rings. The zero-order chi connectivity index (χ0) is 25.8. The highest BCUT2D eigenvalue weighted by molar-refractivity contribution is 5.39. The molecule has 3 aliphatic carbocycles. The van der Waals surface area contributed by atoms with Gasteiger partial charge in [0.1, 0.15) is 0 Å². The molecule has 35 heavy (non-hydrogen) atoms. The van der Waals surface area contributed by atoms with Crippen LogP contribution in [0.1, 0.15) is 105 Å². The van der Waals surface area contributed by atoms with Gasteiger partial charge in [-0.15, -0.1) is 0 Å². The van der Waals surface area contributed by atoms with Crippen LogP contribution in [0.5, 0.6) is 0 Å². The van der Waals surface area contributed by atoms with Gasteiger partial charge in [0, 0.05) is 5.92 Å². The van der Waals surface area contributed by atoms with E-state index in [2.05, 4.69) is 32.6 Å². The smallest absolute Gasteiger partial charge is 0.0894 e. The predicted octanol–water partition coefficient (Wildman–Crippen LogP) is 7.07. The molecule has 3 rings (SSSR count). The van der Waals surface area contributed by atoms with Crippen molar-refractivity contribution >= 4 is 0 Å². The lowest BCUT2D eigenvalue weighted by atomic mass is 9.60. The Labute approximate surface area is 213 Å². The molecule has 0 saturated heterocycles. The fourth-order valence-electron chi connectivity index (χ4n) is 7.65. The van der Waals surface area contributed by atoms with E-state index >= 15 is 0 Å². The number of alkyl halides is 1. The highest BCUT2D eigenvalue weighted by Gasteiger charge is 2.50. The van der Waals surface area contributed by atoms with Crippen LogP contribution < -0.4 is 0 Å². The number of hydrogen-bond acceptors (Lipinski definition) is 3. The average molecular weight is 491 g/mol. The standard InChI is InChI=1S/C31H51FO3/c1-21(10-8-17-30(3,4)35)26-15-16-27-23(11-9-18-31(26,27)5)13-14-24-20-28(33)25(12-6-7-19-32)29(34)22(24)2/h13-14,21,25-29,33-35H,2,6-12,15-20H2,1,3-5H3/b23-13+,24-14-/t21-,25+,26-,27+,28+,29+,31-/m1/s1. The molecule has 200 valence electrons. The monoisotopic (exact) mass is 490 g/mol. The molecule has 3 saturated carbocycles. The summed E-state index contributed by atoms with van der Waals surface area (Å²) in [5.74, 6) is 1.76. The van der Waals surface area contributed by atoms with Crippen molar-refractivity contribution in [3.63, 3.8) is 0 Å². The normalized spacial score (nSPS) is 37.1. The minimum Gasteiger partial charge on any atom is -0.392 e. The van der Waals surface area contributed by atoms with E-state index in [9.17, 15) is 19.7 Å². The van der Waals surface area contributed by atoms with Crippen molar-refractivity contribution in [3.8, 4) is 0 Å². The van der Waals surface area contributed by atoms with E-state index in [1.165, 1.54) is 37.7 Å². The van der Waals surface area contributed by atoms with Gasteiger partial charge in [-0.2, -0.15) is 0 Å². The Kier molecular flexibility index (Phi) is 9.85. The van der Waals surface area contributed by atoms with Crippen LogP contribution in [0.2, 0.25) is 0 Å². The molecule has 0 aromatic heterocycles. The van der Waals surface area contributed by atoms with Crippen LogP contribution in [-0.2, 0) is 0 Å². The lowest BCUT2D eigenvalue weighted by Crippen LogP contribution is -2.38. The predicted molar refractivity (Wildman–Crippen MR) is 143 cm³/mol. The van der Waals surface area contributed by atoms with Crippen molar-refractivity contribution in [2.75, 3.05) is 6.67 Å². The Morgan fingerprint density at radius 1 is 1.17 bits per heavy atom. The molecule has 3 nitrogen and oxygen atoms in total. The summed E-state index contributed by atoms with van der Waals surface area (Å²) in [6, 6.07) is 0. The lowest BCUT2D eigenvalue weighted by molar-refractivity contribution is 0.0127. The first-order chi connectivity index (χ1) is 16.5. The minimum atomic E-state index is -0.750. The van der Waals surface area contributed by atoms with Crippen molar-refractivity contribution in [2.45, 2.75) is 123 Å². The third-order valence-electron chi connectivity index (χ3n) is 9.69. The van der Waals surface area contributed by atoms with Crippen molar-refractivity contribution in [3.05, 3.63) is 35.5 Å². The number of aliphatic hydroxyl groups excluding tert-OH is 2. The van der Waals surface area contributed by atoms with Crippen LogP contribution in [-0.4, -0.2) is 39.8 Å². The van der Waals surface area contributed by atoms with Crippen LogP contribution >= 0.6 is 0 Å². The molecule has 0 aromatic carbocycles. The van der Waals surface area contributed by atoms with Gasteiger partial charge in [0.25, 0.3) is 0 Å². The van der Waals surface area contributed by atoms with Crippen LogP contribution in [0.15, 0.2) is 35.5 Å². The summed E-state index contributed by atoms with van der Waals surface area (Å²) in [5.41, 5.74) is 2.97. The van der Waals surface area contributed by atoms with E-state index in [1.54, 1.807) is 0 Å². The number of unbranched alkanes of at least 4 members (excludes halogenated alkanes) is 1. The molecular formula is C31H51FO3. The van der Waals surface area contributed by atoms with E-state index in [0.29, 0.717) is 42.9 Å². The quantitative estimate of drug-likeness (QED) is 0.287. The summed E-state index contributed by atoms with van der Waals surface area (Å²) in [4.78, 5) is 0. The van der Waals surface area contributed by atoms with Gasteiger partial charge in [0.2, 0.25) is 0 Å². The first kappa shape index (κ1) is 28.6. The summed E-state index contributed by atoms with van der Waals surface area (Å²) in [7, 11) is 0. The zero-order valence-corrected chi connectivity index (χ0v) is 22.7. The van der Waals surface area contributed by atoms with Crippen molar-refractivity contribution in [1.29, 1.82) is 0 Å². The Bertz CT molecular complexity index is 779. The third kappa shape index (κ3) is 6.87. The largest absolute Gasteiger partial charge is 0.392 e. The van der Waals surface area contributed by atoms with E-state index < -0.39 is 17.8 Å². The maximum absolute atomic E-state index is 12.5. The van der Waals surface area contributed by atoms with Gasteiger partial charge >= 0.3 is 0 Å².